The highest BCUT2D eigenvalue weighted by atomic mass is 15.2. The van der Waals surface area contributed by atoms with Crippen LogP contribution in [0.15, 0.2) is 0 Å². The van der Waals surface area contributed by atoms with Crippen molar-refractivity contribution >= 4 is 0 Å². The molecule has 0 aliphatic carbocycles. The van der Waals surface area contributed by atoms with Crippen LogP contribution in [0.25, 0.3) is 0 Å². The summed E-state index contributed by atoms with van der Waals surface area (Å²) in [6, 6.07) is 2.43. The van der Waals surface area contributed by atoms with Crippen LogP contribution in [-0.2, 0) is 0 Å². The van der Waals surface area contributed by atoms with Crippen molar-refractivity contribution in [2.45, 2.75) is 46.1 Å². The standard InChI is InChI=1S/C12H22N2/c1-10(2)5-7-14-8-6-11(9-13)12(14,3)4/h10-11H,5-8H2,1-4H3. The molecule has 0 radical (unpaired) electrons. The zero-order chi connectivity index (χ0) is 10.8. The third-order valence-corrected chi connectivity index (χ3v) is 3.49. The first-order valence-corrected chi connectivity index (χ1v) is 5.63. The highest BCUT2D eigenvalue weighted by Crippen LogP contribution is 2.34. The van der Waals surface area contributed by atoms with E-state index in [2.05, 4.69) is 38.7 Å². The van der Waals surface area contributed by atoms with Gasteiger partial charge in [0, 0.05) is 12.1 Å². The van der Waals surface area contributed by atoms with Gasteiger partial charge in [0.05, 0.1) is 12.0 Å². The molecule has 0 aromatic rings. The average Bonchev–Trinajstić information content (AvgIpc) is 2.37. The predicted molar refractivity (Wildman–Crippen MR) is 58.8 cm³/mol. The predicted octanol–water partition coefficient (Wildman–Crippen LogP) is 2.66. The molecule has 1 rings (SSSR count). The van der Waals surface area contributed by atoms with Crippen LogP contribution in [0.2, 0.25) is 0 Å². The van der Waals surface area contributed by atoms with E-state index in [1.54, 1.807) is 0 Å². The normalized spacial score (nSPS) is 26.7. The van der Waals surface area contributed by atoms with E-state index < -0.39 is 0 Å². The lowest BCUT2D eigenvalue weighted by atomic mass is 9.89. The third-order valence-electron chi connectivity index (χ3n) is 3.49. The summed E-state index contributed by atoms with van der Waals surface area (Å²) in [7, 11) is 0. The molecule has 2 heteroatoms. The molecule has 2 nitrogen and oxygen atoms in total. The largest absolute Gasteiger partial charge is 0.297 e. The molecule has 0 N–H and O–H groups in total. The first-order chi connectivity index (χ1) is 6.48. The maximum atomic E-state index is 9.02. The molecule has 1 atom stereocenters. The van der Waals surface area contributed by atoms with E-state index in [0.29, 0.717) is 0 Å². The van der Waals surface area contributed by atoms with Crippen molar-refractivity contribution in [1.82, 2.24) is 4.90 Å². The van der Waals surface area contributed by atoms with E-state index in [1.807, 2.05) is 0 Å². The number of nitriles is 1. The lowest BCUT2D eigenvalue weighted by Gasteiger charge is -2.33. The zero-order valence-electron chi connectivity index (χ0n) is 9.88. The van der Waals surface area contributed by atoms with E-state index >= 15 is 0 Å². The lowest BCUT2D eigenvalue weighted by Crippen LogP contribution is -2.42. The van der Waals surface area contributed by atoms with E-state index in [1.165, 1.54) is 6.42 Å². The Balaban J connectivity index is 2.52. The van der Waals surface area contributed by atoms with Gasteiger partial charge in [0.25, 0.3) is 0 Å². The molecule has 14 heavy (non-hydrogen) atoms. The molecule has 1 aliphatic heterocycles. The number of likely N-dealkylation sites (tertiary alicyclic amines) is 1. The van der Waals surface area contributed by atoms with Gasteiger partial charge in [0.1, 0.15) is 0 Å². The first kappa shape index (κ1) is 11.5. The Labute approximate surface area is 87.9 Å². The van der Waals surface area contributed by atoms with Crippen LogP contribution in [0.1, 0.15) is 40.5 Å². The third kappa shape index (κ3) is 2.27. The molecule has 0 aromatic carbocycles. The van der Waals surface area contributed by atoms with Crippen molar-refractivity contribution in [3.8, 4) is 6.07 Å². The van der Waals surface area contributed by atoms with Gasteiger partial charge in [-0.15, -0.1) is 0 Å². The smallest absolute Gasteiger partial charge is 0.0675 e. The van der Waals surface area contributed by atoms with Crippen molar-refractivity contribution < 1.29 is 0 Å². The SMILES string of the molecule is CC(C)CCN1CCC(C#N)C1(C)C. The van der Waals surface area contributed by atoms with Gasteiger partial charge in [-0.1, -0.05) is 13.8 Å². The first-order valence-electron chi connectivity index (χ1n) is 5.63. The van der Waals surface area contributed by atoms with E-state index in [0.717, 1.165) is 25.4 Å². The quantitative estimate of drug-likeness (QED) is 0.690. The summed E-state index contributed by atoms with van der Waals surface area (Å²) in [5.74, 6) is 0.974. The Bertz CT molecular complexity index is 225. The van der Waals surface area contributed by atoms with Gasteiger partial charge < -0.3 is 0 Å². The Kier molecular flexibility index (Phi) is 3.55. The lowest BCUT2D eigenvalue weighted by molar-refractivity contribution is 0.148. The second-order valence-electron chi connectivity index (χ2n) is 5.29. The van der Waals surface area contributed by atoms with Gasteiger partial charge in [-0.05, 0) is 39.2 Å². The average molecular weight is 194 g/mol. The molecule has 80 valence electrons. The second-order valence-corrected chi connectivity index (χ2v) is 5.29. The molecule has 0 spiro atoms. The maximum absolute atomic E-state index is 9.02. The molecule has 1 aliphatic rings. The minimum absolute atomic E-state index is 0.0869. The topological polar surface area (TPSA) is 27.0 Å². The van der Waals surface area contributed by atoms with E-state index in [9.17, 15) is 0 Å². The van der Waals surface area contributed by atoms with Crippen molar-refractivity contribution in [2.24, 2.45) is 11.8 Å². The fourth-order valence-electron chi connectivity index (χ4n) is 2.18. The zero-order valence-corrected chi connectivity index (χ0v) is 9.88. The van der Waals surface area contributed by atoms with Gasteiger partial charge in [-0.3, -0.25) is 4.90 Å². The van der Waals surface area contributed by atoms with Gasteiger partial charge in [0.2, 0.25) is 0 Å². The summed E-state index contributed by atoms with van der Waals surface area (Å²) in [5, 5.41) is 9.02. The summed E-state index contributed by atoms with van der Waals surface area (Å²) in [6.45, 7) is 11.2. The van der Waals surface area contributed by atoms with Crippen LogP contribution in [0.4, 0.5) is 0 Å². The Morgan fingerprint density at radius 2 is 2.14 bits per heavy atom. The molecule has 1 heterocycles. The summed E-state index contributed by atoms with van der Waals surface area (Å²) >= 11 is 0. The van der Waals surface area contributed by atoms with Gasteiger partial charge in [0.15, 0.2) is 0 Å². The molecular formula is C12H22N2. The molecule has 1 fully saturated rings. The molecule has 0 amide bonds. The second kappa shape index (κ2) is 4.31. The Morgan fingerprint density at radius 3 is 2.57 bits per heavy atom. The van der Waals surface area contributed by atoms with Crippen LogP contribution in [0, 0.1) is 23.2 Å². The Morgan fingerprint density at radius 1 is 1.50 bits per heavy atom. The minimum atomic E-state index is 0.0869. The Hall–Kier alpha value is -0.550. The van der Waals surface area contributed by atoms with Crippen LogP contribution < -0.4 is 0 Å². The summed E-state index contributed by atoms with van der Waals surface area (Å²) in [6.07, 6.45) is 2.28. The van der Waals surface area contributed by atoms with E-state index in [4.69, 9.17) is 5.26 Å². The molecule has 1 unspecified atom stereocenters. The van der Waals surface area contributed by atoms with Crippen molar-refractivity contribution in [3.63, 3.8) is 0 Å². The molecule has 0 bridgehead atoms. The van der Waals surface area contributed by atoms with E-state index in [-0.39, 0.29) is 11.5 Å². The number of hydrogen-bond donors (Lipinski definition) is 0. The summed E-state index contributed by atoms with van der Waals surface area (Å²) < 4.78 is 0. The number of nitrogens with zero attached hydrogens (tertiary/aromatic N) is 2. The highest BCUT2D eigenvalue weighted by molar-refractivity contribution is 5.04. The van der Waals surface area contributed by atoms with Crippen molar-refractivity contribution in [1.29, 1.82) is 5.26 Å². The number of hydrogen-bond acceptors (Lipinski definition) is 2. The van der Waals surface area contributed by atoms with Gasteiger partial charge >= 0.3 is 0 Å². The van der Waals surface area contributed by atoms with Crippen molar-refractivity contribution in [2.75, 3.05) is 13.1 Å². The minimum Gasteiger partial charge on any atom is -0.297 e. The fourth-order valence-corrected chi connectivity index (χ4v) is 2.18. The fraction of sp³-hybridized carbons (Fsp3) is 0.917. The molecule has 0 saturated carbocycles. The summed E-state index contributed by atoms with van der Waals surface area (Å²) in [4.78, 5) is 2.47. The van der Waals surface area contributed by atoms with Crippen LogP contribution in [-0.4, -0.2) is 23.5 Å². The summed E-state index contributed by atoms with van der Waals surface area (Å²) in [5.41, 5.74) is 0.0869. The number of rotatable bonds is 3. The maximum Gasteiger partial charge on any atom is 0.0675 e. The molecule has 0 aromatic heterocycles. The van der Waals surface area contributed by atoms with Gasteiger partial charge in [-0.25, -0.2) is 0 Å². The molecular weight excluding hydrogens is 172 g/mol. The monoisotopic (exact) mass is 194 g/mol. The van der Waals surface area contributed by atoms with Crippen molar-refractivity contribution in [3.05, 3.63) is 0 Å². The highest BCUT2D eigenvalue weighted by Gasteiger charge is 2.40. The van der Waals surface area contributed by atoms with Gasteiger partial charge in [-0.2, -0.15) is 5.26 Å². The van der Waals surface area contributed by atoms with Crippen LogP contribution in [0.3, 0.4) is 0 Å². The molecule has 1 saturated heterocycles. The van der Waals surface area contributed by atoms with Crippen LogP contribution in [0.5, 0.6) is 0 Å². The van der Waals surface area contributed by atoms with Crippen LogP contribution >= 0.6 is 0 Å².